The Bertz CT molecular complexity index is 506. The van der Waals surface area contributed by atoms with Crippen LogP contribution in [0.1, 0.15) is 245 Å². The molecule has 0 aliphatic heterocycles. The Morgan fingerprint density at radius 1 is 0.289 bits per heavy atom. The average molecular weight is 735 g/mol. The zero-order valence-corrected chi connectivity index (χ0v) is 34.8. The minimum Gasteiger partial charge on any atom is -0.550 e. The van der Waals surface area contributed by atoms with Crippen LogP contribution in [0.3, 0.4) is 0 Å². The number of carbonyl (C=O) groups excluding carboxylic acids is 2. The molecule has 0 unspecified atom stereocenters. The fourth-order valence-electron chi connectivity index (χ4n) is 5.99. The van der Waals surface area contributed by atoms with E-state index in [1.807, 2.05) is 0 Å². The first-order chi connectivity index (χ1) is 21.5. The van der Waals surface area contributed by atoms with Gasteiger partial charge in [-0.15, -0.1) is 0 Å². The molecule has 4 nitrogen and oxygen atoms in total. The summed E-state index contributed by atoms with van der Waals surface area (Å²) in [6, 6.07) is 0. The Morgan fingerprint density at radius 3 is 0.556 bits per heavy atom. The van der Waals surface area contributed by atoms with E-state index in [4.69, 9.17) is 0 Å². The monoisotopic (exact) mass is 736 g/mol. The van der Waals surface area contributed by atoms with E-state index in [0.717, 1.165) is 25.7 Å². The Kier molecular flexibility index (Phi) is 50.3. The van der Waals surface area contributed by atoms with Gasteiger partial charge in [0.1, 0.15) is 0 Å². The first kappa shape index (κ1) is 49.3. The molecule has 0 heterocycles. The molecule has 0 aliphatic rings. The first-order valence-electron chi connectivity index (χ1n) is 19.9. The van der Waals surface area contributed by atoms with Crippen LogP contribution in [0, 0.1) is 0 Å². The Labute approximate surface area is 302 Å². The van der Waals surface area contributed by atoms with Crippen LogP contribution < -0.4 is 10.2 Å². The van der Waals surface area contributed by atoms with Gasteiger partial charge >= 0.3 is 27.3 Å². The summed E-state index contributed by atoms with van der Waals surface area (Å²) in [7, 11) is 0. The van der Waals surface area contributed by atoms with Gasteiger partial charge in [-0.3, -0.25) is 0 Å². The second-order valence-corrected chi connectivity index (χ2v) is 13.6. The standard InChI is InChI=1S/2C20H40O2.Cd/c2*1-2-3-4-5-6-7-8-9-10-11-12-13-14-15-16-17-18-19-20(21)22;/h2*2-19H2,1H3,(H,21,22);/q;;+2/p-2. The number of unbranched alkanes of at least 4 members (excludes halogenated alkanes) is 32. The van der Waals surface area contributed by atoms with Crippen LogP contribution in [0.15, 0.2) is 0 Å². The molecule has 0 aromatic carbocycles. The van der Waals surface area contributed by atoms with Gasteiger partial charge in [0.05, 0.1) is 0 Å². The summed E-state index contributed by atoms with van der Waals surface area (Å²) >= 11 is 0. The molecule has 0 amide bonds. The molecule has 0 saturated carbocycles. The summed E-state index contributed by atoms with van der Waals surface area (Å²) in [5.41, 5.74) is 0. The van der Waals surface area contributed by atoms with E-state index >= 15 is 0 Å². The maximum absolute atomic E-state index is 10.2. The minimum absolute atomic E-state index is 0. The van der Waals surface area contributed by atoms with Crippen LogP contribution in [0.5, 0.6) is 0 Å². The molecule has 264 valence electrons. The number of rotatable bonds is 36. The topological polar surface area (TPSA) is 80.3 Å². The SMILES string of the molecule is CCCCCCCCCCCCCCCCCCCC(=O)[O-].CCCCCCCCCCCCCCCCCCCC(=O)[O-].[Cd+2]. The van der Waals surface area contributed by atoms with Crippen molar-refractivity contribution in [2.75, 3.05) is 0 Å². The number of hydrogen-bond donors (Lipinski definition) is 0. The maximum Gasteiger partial charge on any atom is 2.00 e. The van der Waals surface area contributed by atoms with Crippen LogP contribution in [0.4, 0.5) is 0 Å². The van der Waals surface area contributed by atoms with Crippen molar-refractivity contribution in [3.8, 4) is 0 Å². The molecule has 0 radical (unpaired) electrons. The van der Waals surface area contributed by atoms with E-state index in [1.165, 1.54) is 193 Å². The number of hydrogen-bond acceptors (Lipinski definition) is 4. The van der Waals surface area contributed by atoms with Crippen LogP contribution in [-0.2, 0) is 36.9 Å². The van der Waals surface area contributed by atoms with Gasteiger partial charge in [-0.25, -0.2) is 0 Å². The summed E-state index contributed by atoms with van der Waals surface area (Å²) in [5.74, 6) is -1.80. The number of carbonyl (C=O) groups is 2. The zero-order valence-electron chi connectivity index (χ0n) is 30.8. The molecule has 45 heavy (non-hydrogen) atoms. The second kappa shape index (κ2) is 46.0. The van der Waals surface area contributed by atoms with E-state index < -0.39 is 11.9 Å². The van der Waals surface area contributed by atoms with Crippen molar-refractivity contribution in [1.29, 1.82) is 0 Å². The van der Waals surface area contributed by atoms with Gasteiger partial charge in [-0.1, -0.05) is 219 Å². The summed E-state index contributed by atoms with van der Waals surface area (Å²) in [4.78, 5) is 20.5. The van der Waals surface area contributed by atoms with Gasteiger partial charge < -0.3 is 19.8 Å². The molecule has 0 bridgehead atoms. The van der Waals surface area contributed by atoms with Gasteiger partial charge in [0.2, 0.25) is 0 Å². The van der Waals surface area contributed by atoms with Gasteiger partial charge in [-0.05, 0) is 25.7 Å². The van der Waals surface area contributed by atoms with Crippen LogP contribution in [-0.4, -0.2) is 11.9 Å². The third-order valence-electron chi connectivity index (χ3n) is 8.97. The predicted octanol–water partition coefficient (Wildman–Crippen LogP) is 11.6. The number of carboxylic acids is 2. The van der Waals surface area contributed by atoms with E-state index in [0.29, 0.717) is 0 Å². The first-order valence-corrected chi connectivity index (χ1v) is 19.9. The molecule has 5 heteroatoms. The van der Waals surface area contributed by atoms with Crippen molar-refractivity contribution >= 4 is 11.9 Å². The van der Waals surface area contributed by atoms with Crippen LogP contribution >= 0.6 is 0 Å². The molecule has 0 spiro atoms. The molecule has 0 fully saturated rings. The molecule has 0 N–H and O–H groups in total. The van der Waals surface area contributed by atoms with Crippen molar-refractivity contribution in [2.24, 2.45) is 0 Å². The van der Waals surface area contributed by atoms with Crippen molar-refractivity contribution in [1.82, 2.24) is 0 Å². The molecular formula is C40H78CdO4. The largest absolute Gasteiger partial charge is 2.00 e. The quantitative estimate of drug-likeness (QED) is 0.0474. The molecule has 0 rings (SSSR count). The Balaban J connectivity index is -0.000000767. The van der Waals surface area contributed by atoms with E-state index in [2.05, 4.69) is 13.8 Å². The minimum atomic E-state index is -0.902. The normalized spacial score (nSPS) is 10.7. The van der Waals surface area contributed by atoms with E-state index in [-0.39, 0.29) is 40.1 Å². The maximum atomic E-state index is 10.2. The fourth-order valence-corrected chi connectivity index (χ4v) is 5.99. The van der Waals surface area contributed by atoms with Crippen molar-refractivity contribution < 1.29 is 47.1 Å². The van der Waals surface area contributed by atoms with Crippen LogP contribution in [0.2, 0.25) is 0 Å². The number of aliphatic carboxylic acids is 2. The third kappa shape index (κ3) is 53.6. The second-order valence-electron chi connectivity index (χ2n) is 13.6. The number of carboxylic acid groups (broad SMARTS) is 2. The summed E-state index contributed by atoms with van der Waals surface area (Å²) in [6.45, 7) is 4.55. The van der Waals surface area contributed by atoms with Crippen molar-refractivity contribution in [3.05, 3.63) is 0 Å². The molecule has 0 aromatic heterocycles. The fraction of sp³-hybridized carbons (Fsp3) is 0.950. The summed E-state index contributed by atoms with van der Waals surface area (Å²) < 4.78 is 0. The molecule has 0 aliphatic carbocycles. The van der Waals surface area contributed by atoms with Gasteiger partial charge in [-0.2, -0.15) is 0 Å². The zero-order chi connectivity index (χ0) is 32.6. The van der Waals surface area contributed by atoms with Gasteiger partial charge in [0, 0.05) is 11.9 Å². The third-order valence-corrected chi connectivity index (χ3v) is 8.97. The van der Waals surface area contributed by atoms with E-state index in [1.54, 1.807) is 0 Å². The molecular weight excluding hydrogens is 657 g/mol. The average Bonchev–Trinajstić information content (AvgIpc) is 3.00. The molecule has 0 saturated heterocycles. The molecule has 0 aromatic rings. The summed E-state index contributed by atoms with van der Waals surface area (Å²) in [5, 5.41) is 20.5. The Hall–Kier alpha value is -0.138. The van der Waals surface area contributed by atoms with Gasteiger partial charge in [0.15, 0.2) is 0 Å². The van der Waals surface area contributed by atoms with Crippen molar-refractivity contribution in [3.63, 3.8) is 0 Å². The van der Waals surface area contributed by atoms with Crippen LogP contribution in [0.25, 0.3) is 0 Å². The summed E-state index contributed by atoms with van der Waals surface area (Å²) in [6.07, 6.45) is 45.6. The Morgan fingerprint density at radius 2 is 0.422 bits per heavy atom. The van der Waals surface area contributed by atoms with Crippen molar-refractivity contribution in [2.45, 2.75) is 245 Å². The van der Waals surface area contributed by atoms with Gasteiger partial charge in [0.25, 0.3) is 0 Å². The smallest absolute Gasteiger partial charge is 0.550 e. The van der Waals surface area contributed by atoms with E-state index in [9.17, 15) is 19.8 Å². The molecule has 0 atom stereocenters. The predicted molar refractivity (Wildman–Crippen MR) is 188 cm³/mol.